The molecule has 4 heteroatoms. The second kappa shape index (κ2) is 13.8. The van der Waals surface area contributed by atoms with E-state index in [0.29, 0.717) is 0 Å². The van der Waals surface area contributed by atoms with Crippen LogP contribution in [-0.2, 0) is 0 Å². The first-order valence-corrected chi connectivity index (χ1v) is 21.9. The van der Waals surface area contributed by atoms with Crippen molar-refractivity contribution in [3.63, 3.8) is 0 Å². The number of hydrogen-bond donors (Lipinski definition) is 0. The molecule has 0 fully saturated rings. The summed E-state index contributed by atoms with van der Waals surface area (Å²) in [4.78, 5) is 2.38. The van der Waals surface area contributed by atoms with Crippen molar-refractivity contribution in [1.29, 1.82) is 0 Å². The van der Waals surface area contributed by atoms with Crippen LogP contribution in [0.5, 0.6) is 0 Å². The summed E-state index contributed by atoms with van der Waals surface area (Å²) in [5, 5.41) is 9.68. The van der Waals surface area contributed by atoms with Crippen molar-refractivity contribution in [3.05, 3.63) is 218 Å². The fourth-order valence-electron chi connectivity index (χ4n) is 9.71. The number of anilines is 3. The second-order valence-electron chi connectivity index (χ2n) is 16.1. The van der Waals surface area contributed by atoms with Gasteiger partial charge in [-0.15, -0.1) is 11.3 Å². The largest absolute Gasteiger partial charge is 0.455 e. The van der Waals surface area contributed by atoms with Gasteiger partial charge in [0.05, 0.1) is 11.0 Å². The lowest BCUT2D eigenvalue weighted by Gasteiger charge is -2.26. The number of aromatic nitrogens is 1. The predicted molar refractivity (Wildman–Crippen MR) is 264 cm³/mol. The molecule has 10 aromatic carbocycles. The number of fused-ring (bicyclic) bond motifs is 11. The highest BCUT2D eigenvalue weighted by molar-refractivity contribution is 7.25. The van der Waals surface area contributed by atoms with Crippen LogP contribution in [0, 0.1) is 0 Å². The molecule has 3 heterocycles. The summed E-state index contributed by atoms with van der Waals surface area (Å²) in [5.41, 5.74) is 13.3. The summed E-state index contributed by atoms with van der Waals surface area (Å²) in [6.07, 6.45) is 0. The molecule has 0 amide bonds. The van der Waals surface area contributed by atoms with Gasteiger partial charge in [-0.3, -0.25) is 0 Å². The van der Waals surface area contributed by atoms with Crippen molar-refractivity contribution in [2.75, 3.05) is 4.90 Å². The number of thiophene rings is 1. The third-order valence-corrected chi connectivity index (χ3v) is 13.7. The van der Waals surface area contributed by atoms with Crippen molar-refractivity contribution in [2.24, 2.45) is 0 Å². The van der Waals surface area contributed by atoms with Crippen molar-refractivity contribution in [2.45, 2.75) is 0 Å². The zero-order valence-corrected chi connectivity index (χ0v) is 34.3. The molecule has 0 aliphatic heterocycles. The molecule has 0 aliphatic carbocycles. The maximum atomic E-state index is 6.56. The Morgan fingerprint density at radius 3 is 1.79 bits per heavy atom. The van der Waals surface area contributed by atoms with Crippen LogP contribution in [0.2, 0.25) is 0 Å². The zero-order valence-electron chi connectivity index (χ0n) is 33.5. The van der Waals surface area contributed by atoms with Crippen LogP contribution in [-0.4, -0.2) is 4.57 Å². The molecule has 0 aliphatic rings. The minimum absolute atomic E-state index is 0.900. The minimum atomic E-state index is 0.900. The summed E-state index contributed by atoms with van der Waals surface area (Å²) in [6, 6.07) is 79.2. The molecule has 3 nitrogen and oxygen atoms in total. The van der Waals surface area contributed by atoms with E-state index in [4.69, 9.17) is 4.42 Å². The van der Waals surface area contributed by atoms with E-state index in [1.54, 1.807) is 0 Å². The maximum Gasteiger partial charge on any atom is 0.143 e. The van der Waals surface area contributed by atoms with E-state index >= 15 is 0 Å². The molecule has 0 saturated carbocycles. The second-order valence-corrected chi connectivity index (χ2v) is 17.2. The van der Waals surface area contributed by atoms with Crippen LogP contribution in [0.1, 0.15) is 0 Å². The van der Waals surface area contributed by atoms with Gasteiger partial charge in [0.2, 0.25) is 0 Å². The first kappa shape index (κ1) is 34.9. The Balaban J connectivity index is 0.916. The Morgan fingerprint density at radius 1 is 0.387 bits per heavy atom. The first-order valence-electron chi connectivity index (χ1n) is 21.1. The van der Waals surface area contributed by atoms with E-state index in [9.17, 15) is 0 Å². The minimum Gasteiger partial charge on any atom is -0.455 e. The Bertz CT molecular complexity index is 3820. The Hall–Kier alpha value is -7.92. The smallest absolute Gasteiger partial charge is 0.143 e. The number of nitrogens with zero attached hydrogens (tertiary/aromatic N) is 2. The van der Waals surface area contributed by atoms with E-state index < -0.39 is 0 Å². The van der Waals surface area contributed by atoms with Crippen LogP contribution in [0.15, 0.2) is 223 Å². The van der Waals surface area contributed by atoms with Gasteiger partial charge in [-0.2, -0.15) is 0 Å². The van der Waals surface area contributed by atoms with Gasteiger partial charge >= 0.3 is 0 Å². The molecule has 13 aromatic rings. The highest BCUT2D eigenvalue weighted by Crippen LogP contribution is 2.44. The molecule has 0 radical (unpaired) electrons. The van der Waals surface area contributed by atoms with E-state index in [1.807, 2.05) is 11.3 Å². The lowest BCUT2D eigenvalue weighted by Crippen LogP contribution is -2.09. The number of furan rings is 1. The average molecular weight is 809 g/mol. The third-order valence-electron chi connectivity index (χ3n) is 12.6. The first-order chi connectivity index (χ1) is 30.7. The number of para-hydroxylation sites is 2. The van der Waals surface area contributed by atoms with Gasteiger partial charge in [-0.1, -0.05) is 133 Å². The summed E-state index contributed by atoms with van der Waals surface area (Å²) >= 11 is 1.85. The van der Waals surface area contributed by atoms with E-state index in [0.717, 1.165) is 61.2 Å². The average Bonchev–Trinajstić information content (AvgIpc) is 4.02. The van der Waals surface area contributed by atoms with Crippen LogP contribution >= 0.6 is 11.3 Å². The summed E-state index contributed by atoms with van der Waals surface area (Å²) in [6.45, 7) is 0. The van der Waals surface area contributed by atoms with Crippen LogP contribution < -0.4 is 4.90 Å². The monoisotopic (exact) mass is 808 g/mol. The lowest BCUT2D eigenvalue weighted by molar-refractivity contribution is 0.673. The van der Waals surface area contributed by atoms with Gasteiger partial charge in [0, 0.05) is 69.9 Å². The van der Waals surface area contributed by atoms with Gasteiger partial charge in [-0.25, -0.2) is 0 Å². The summed E-state index contributed by atoms with van der Waals surface area (Å²) in [5.74, 6) is 0. The molecule has 0 spiro atoms. The molecular formula is C58H36N2OS. The van der Waals surface area contributed by atoms with Crippen LogP contribution in [0.4, 0.5) is 17.1 Å². The number of benzene rings is 10. The van der Waals surface area contributed by atoms with Crippen molar-refractivity contribution < 1.29 is 4.42 Å². The normalized spacial score (nSPS) is 11.9. The molecule has 0 unspecified atom stereocenters. The molecule has 13 rings (SSSR count). The van der Waals surface area contributed by atoms with Gasteiger partial charge in [0.15, 0.2) is 0 Å². The van der Waals surface area contributed by atoms with Crippen LogP contribution in [0.25, 0.3) is 103 Å². The van der Waals surface area contributed by atoms with Crippen molar-refractivity contribution >= 4 is 103 Å². The molecular weight excluding hydrogens is 773 g/mol. The molecule has 3 aromatic heterocycles. The maximum absolute atomic E-state index is 6.56. The topological polar surface area (TPSA) is 21.3 Å². The zero-order chi connectivity index (χ0) is 40.7. The van der Waals surface area contributed by atoms with E-state index in [2.05, 4.69) is 228 Å². The molecule has 62 heavy (non-hydrogen) atoms. The van der Waals surface area contributed by atoms with Gasteiger partial charge in [0.25, 0.3) is 0 Å². The quantitative estimate of drug-likeness (QED) is 0.167. The lowest BCUT2D eigenvalue weighted by atomic mass is 9.98. The van der Waals surface area contributed by atoms with E-state index in [-0.39, 0.29) is 0 Å². The van der Waals surface area contributed by atoms with Gasteiger partial charge in [0.1, 0.15) is 11.2 Å². The highest BCUT2D eigenvalue weighted by Gasteiger charge is 2.19. The molecule has 290 valence electrons. The third kappa shape index (κ3) is 5.44. The molecule has 0 saturated heterocycles. The van der Waals surface area contributed by atoms with Crippen LogP contribution in [0.3, 0.4) is 0 Å². The number of rotatable bonds is 6. The SMILES string of the molecule is c1cc(-c2ccc(N(c3ccc(-c4cccc5oc6c7ccccc7ccc6c45)cc3)c3ccc4sc5ccccc5c4c3)cc2)cc(-n2c3ccccc3c3ccccc32)c1. The molecule has 0 bridgehead atoms. The summed E-state index contributed by atoms with van der Waals surface area (Å²) in [7, 11) is 0. The Morgan fingerprint density at radius 2 is 1.02 bits per heavy atom. The molecule has 0 N–H and O–H groups in total. The molecule has 0 atom stereocenters. The predicted octanol–water partition coefficient (Wildman–Crippen LogP) is 17.0. The fraction of sp³-hybridized carbons (Fsp3) is 0. The Kier molecular flexibility index (Phi) is 7.78. The van der Waals surface area contributed by atoms with Gasteiger partial charge in [-0.05, 0) is 113 Å². The number of hydrogen-bond acceptors (Lipinski definition) is 3. The Labute approximate surface area is 361 Å². The standard InChI is InChI=1S/C58H36N2OS/c1-2-14-46-38(11-1)27-33-50-57-45(18-10-21-54(57)61-58(46)50)39-25-30-42(31-26-39)59(44-32-34-56-51(36-44)49-17-5-8-22-55(49)62-56)41-28-23-37(24-29-41)40-12-9-13-43(35-40)60-52-19-6-3-15-47(52)48-16-4-7-20-53(48)60/h1-36H. The van der Waals surface area contributed by atoms with Crippen molar-refractivity contribution in [1.82, 2.24) is 4.57 Å². The summed E-state index contributed by atoms with van der Waals surface area (Å²) < 4.78 is 11.5. The van der Waals surface area contributed by atoms with Gasteiger partial charge < -0.3 is 13.9 Å². The van der Waals surface area contributed by atoms with Crippen molar-refractivity contribution in [3.8, 4) is 27.9 Å². The highest BCUT2D eigenvalue weighted by atomic mass is 32.1. The fourth-order valence-corrected chi connectivity index (χ4v) is 10.8. The van der Waals surface area contributed by atoms with E-state index in [1.165, 1.54) is 58.5 Å².